The molecule has 28 heavy (non-hydrogen) atoms. The summed E-state index contributed by atoms with van der Waals surface area (Å²) in [5.41, 5.74) is 0.528. The molecule has 2 N–H and O–H groups in total. The van der Waals surface area contributed by atoms with Crippen LogP contribution in [0.5, 0.6) is 17.2 Å². The molecule has 8 nitrogen and oxygen atoms in total. The van der Waals surface area contributed by atoms with Crippen molar-refractivity contribution >= 4 is 52.2 Å². The molecule has 144 valence electrons. The summed E-state index contributed by atoms with van der Waals surface area (Å²) in [6.07, 6.45) is 1.34. The van der Waals surface area contributed by atoms with Gasteiger partial charge in [0.05, 0.1) is 23.5 Å². The first-order chi connectivity index (χ1) is 13.3. The molecule has 1 fully saturated rings. The maximum Gasteiger partial charge on any atom is 0.335 e. The van der Waals surface area contributed by atoms with E-state index in [0.29, 0.717) is 20.6 Å². The van der Waals surface area contributed by atoms with Gasteiger partial charge in [-0.15, -0.1) is 0 Å². The van der Waals surface area contributed by atoms with Crippen LogP contribution in [0.4, 0.5) is 10.5 Å². The van der Waals surface area contributed by atoms with Crippen LogP contribution in [-0.2, 0) is 9.59 Å². The third kappa shape index (κ3) is 3.65. The Labute approximate surface area is 173 Å². The molecular weight excluding hydrogens is 479 g/mol. The first kappa shape index (κ1) is 19.7. The van der Waals surface area contributed by atoms with Crippen LogP contribution in [0.25, 0.3) is 6.08 Å². The van der Waals surface area contributed by atoms with Crippen LogP contribution in [0.15, 0.2) is 42.0 Å². The number of aromatic hydroxyl groups is 1. The molecule has 2 aromatic rings. The maximum absolute atomic E-state index is 12.9. The van der Waals surface area contributed by atoms with Crippen molar-refractivity contribution in [3.8, 4) is 17.2 Å². The quantitative estimate of drug-likeness (QED) is 0.385. The average molecular weight is 494 g/mol. The van der Waals surface area contributed by atoms with E-state index in [1.165, 1.54) is 38.5 Å². The zero-order valence-electron chi connectivity index (χ0n) is 14.9. The fourth-order valence-electron chi connectivity index (χ4n) is 2.62. The zero-order valence-corrected chi connectivity index (χ0v) is 17.0. The molecule has 0 radical (unpaired) electrons. The molecule has 3 rings (SSSR count). The lowest BCUT2D eigenvalue weighted by atomic mass is 10.1. The minimum atomic E-state index is -0.838. The van der Waals surface area contributed by atoms with Crippen LogP contribution < -0.4 is 19.7 Å². The van der Waals surface area contributed by atoms with E-state index in [2.05, 4.69) is 5.32 Å². The minimum absolute atomic E-state index is 0.0419. The monoisotopic (exact) mass is 494 g/mol. The van der Waals surface area contributed by atoms with Crippen molar-refractivity contribution in [2.75, 3.05) is 19.1 Å². The van der Waals surface area contributed by atoms with Gasteiger partial charge >= 0.3 is 6.03 Å². The number of ether oxygens (including phenoxy) is 2. The van der Waals surface area contributed by atoms with Crippen LogP contribution in [0.2, 0.25) is 0 Å². The van der Waals surface area contributed by atoms with Gasteiger partial charge in [-0.05, 0) is 70.6 Å². The number of rotatable bonds is 4. The number of amides is 4. The number of urea groups is 1. The molecule has 9 heteroatoms. The Morgan fingerprint density at radius 1 is 1.07 bits per heavy atom. The first-order valence-electron chi connectivity index (χ1n) is 7.97. The highest BCUT2D eigenvalue weighted by atomic mass is 127. The van der Waals surface area contributed by atoms with Crippen molar-refractivity contribution in [1.82, 2.24) is 5.32 Å². The number of anilines is 1. The molecule has 2 aromatic carbocycles. The fraction of sp³-hybridized carbons (Fsp3) is 0.105. The predicted octanol–water partition coefficient (Wildman–Crippen LogP) is 2.68. The molecule has 0 spiro atoms. The summed E-state index contributed by atoms with van der Waals surface area (Å²) in [6, 6.07) is 8.51. The summed E-state index contributed by atoms with van der Waals surface area (Å²) >= 11 is 1.91. The van der Waals surface area contributed by atoms with Crippen molar-refractivity contribution < 1.29 is 29.0 Å². The molecule has 0 aliphatic carbocycles. The Morgan fingerprint density at radius 2 is 1.75 bits per heavy atom. The predicted molar refractivity (Wildman–Crippen MR) is 109 cm³/mol. The van der Waals surface area contributed by atoms with Crippen LogP contribution in [0, 0.1) is 3.57 Å². The smallest absolute Gasteiger partial charge is 0.335 e. The number of imide groups is 2. The second kappa shape index (κ2) is 7.89. The highest BCUT2D eigenvalue weighted by Crippen LogP contribution is 2.33. The number of nitrogens with zero attached hydrogens (tertiary/aromatic N) is 1. The maximum atomic E-state index is 12.9. The molecule has 1 heterocycles. The average Bonchev–Trinajstić information content (AvgIpc) is 2.68. The lowest BCUT2D eigenvalue weighted by Gasteiger charge is -2.26. The second-order valence-electron chi connectivity index (χ2n) is 5.71. The number of carbonyl (C=O) groups is 3. The Hall–Kier alpha value is -3.08. The SMILES string of the molecule is COc1ccc(N2C(=O)NC(=O)/C(=C\c3cc(I)c(O)c(OC)c3)C2=O)cc1. The summed E-state index contributed by atoms with van der Waals surface area (Å²) < 4.78 is 10.6. The molecule has 0 bridgehead atoms. The molecule has 1 saturated heterocycles. The number of barbiturate groups is 1. The fourth-order valence-corrected chi connectivity index (χ4v) is 3.25. The van der Waals surface area contributed by atoms with Crippen LogP contribution in [-0.4, -0.2) is 37.2 Å². The molecular formula is C19H15IN2O6. The topological polar surface area (TPSA) is 105 Å². The number of benzene rings is 2. The Balaban J connectivity index is 2.02. The Bertz CT molecular complexity index is 1000. The molecule has 4 amide bonds. The zero-order chi connectivity index (χ0) is 20.4. The number of methoxy groups -OCH3 is 2. The molecule has 1 aliphatic rings. The van der Waals surface area contributed by atoms with Crippen molar-refractivity contribution in [3.63, 3.8) is 0 Å². The van der Waals surface area contributed by atoms with Gasteiger partial charge in [-0.2, -0.15) is 0 Å². The number of halogens is 1. The van der Waals surface area contributed by atoms with Crippen molar-refractivity contribution in [2.45, 2.75) is 0 Å². The standard InChI is InChI=1S/C19H15IN2O6/c1-27-12-5-3-11(4-6-12)22-18(25)13(17(24)21-19(22)26)7-10-8-14(20)16(23)15(9-10)28-2/h3-9,23H,1-2H3,(H,21,24,26)/b13-7+. The van der Waals surface area contributed by atoms with Gasteiger partial charge in [0.25, 0.3) is 11.8 Å². The molecule has 1 aliphatic heterocycles. The van der Waals surface area contributed by atoms with Gasteiger partial charge in [-0.1, -0.05) is 0 Å². The lowest BCUT2D eigenvalue weighted by Crippen LogP contribution is -2.54. The number of hydrogen-bond donors (Lipinski definition) is 2. The van der Waals surface area contributed by atoms with Crippen LogP contribution in [0.1, 0.15) is 5.56 Å². The summed E-state index contributed by atoms with van der Waals surface area (Å²) in [7, 11) is 2.89. The van der Waals surface area contributed by atoms with Gasteiger partial charge in [0.1, 0.15) is 11.3 Å². The van der Waals surface area contributed by atoms with Gasteiger partial charge in [0.2, 0.25) is 0 Å². The number of phenolic OH excluding ortho intramolecular Hbond substituents is 1. The molecule has 0 saturated carbocycles. The second-order valence-corrected chi connectivity index (χ2v) is 6.87. The van der Waals surface area contributed by atoms with E-state index in [0.717, 1.165) is 4.90 Å². The number of phenols is 1. The summed E-state index contributed by atoms with van der Waals surface area (Å²) in [6.45, 7) is 0. The van der Waals surface area contributed by atoms with E-state index in [4.69, 9.17) is 9.47 Å². The minimum Gasteiger partial charge on any atom is -0.504 e. The first-order valence-corrected chi connectivity index (χ1v) is 9.05. The third-order valence-corrected chi connectivity index (χ3v) is 4.84. The van der Waals surface area contributed by atoms with Crippen LogP contribution in [0.3, 0.4) is 0 Å². The lowest BCUT2D eigenvalue weighted by molar-refractivity contribution is -0.122. The van der Waals surface area contributed by atoms with E-state index in [1.807, 2.05) is 22.6 Å². The molecule has 0 aromatic heterocycles. The van der Waals surface area contributed by atoms with Crippen molar-refractivity contribution in [3.05, 3.63) is 51.1 Å². The van der Waals surface area contributed by atoms with E-state index >= 15 is 0 Å². The highest BCUT2D eigenvalue weighted by molar-refractivity contribution is 14.1. The normalized spacial score (nSPS) is 15.6. The van der Waals surface area contributed by atoms with Gasteiger partial charge in [-0.3, -0.25) is 14.9 Å². The van der Waals surface area contributed by atoms with E-state index < -0.39 is 17.8 Å². The van der Waals surface area contributed by atoms with Crippen LogP contribution >= 0.6 is 22.6 Å². The number of hydrogen-bond acceptors (Lipinski definition) is 6. The Kier molecular flexibility index (Phi) is 5.54. The summed E-state index contributed by atoms with van der Waals surface area (Å²) in [5, 5.41) is 12.1. The summed E-state index contributed by atoms with van der Waals surface area (Å²) in [4.78, 5) is 38.2. The van der Waals surface area contributed by atoms with Crippen molar-refractivity contribution in [2.24, 2.45) is 0 Å². The van der Waals surface area contributed by atoms with Gasteiger partial charge in [0, 0.05) is 0 Å². The third-order valence-electron chi connectivity index (χ3n) is 4.01. The molecule has 0 atom stereocenters. The highest BCUT2D eigenvalue weighted by Gasteiger charge is 2.36. The van der Waals surface area contributed by atoms with E-state index in [1.54, 1.807) is 18.2 Å². The summed E-state index contributed by atoms with van der Waals surface area (Å²) in [5.74, 6) is -0.848. The molecule has 0 unspecified atom stereocenters. The Morgan fingerprint density at radius 3 is 2.36 bits per heavy atom. The van der Waals surface area contributed by atoms with Gasteiger partial charge in [0.15, 0.2) is 11.5 Å². The van der Waals surface area contributed by atoms with E-state index in [-0.39, 0.29) is 17.1 Å². The number of nitrogens with one attached hydrogen (secondary N) is 1. The van der Waals surface area contributed by atoms with Crippen molar-refractivity contribution in [1.29, 1.82) is 0 Å². The number of carbonyl (C=O) groups excluding carboxylic acids is 3. The van der Waals surface area contributed by atoms with Gasteiger partial charge < -0.3 is 14.6 Å². The van der Waals surface area contributed by atoms with Gasteiger partial charge in [-0.25, -0.2) is 9.69 Å². The largest absolute Gasteiger partial charge is 0.504 e. The van der Waals surface area contributed by atoms with E-state index in [9.17, 15) is 19.5 Å².